The predicted molar refractivity (Wildman–Crippen MR) is 110 cm³/mol. The van der Waals surface area contributed by atoms with E-state index in [9.17, 15) is 18.0 Å². The van der Waals surface area contributed by atoms with Crippen molar-refractivity contribution in [1.82, 2.24) is 4.31 Å². The molecule has 0 heterocycles. The molecule has 0 saturated heterocycles. The molecule has 1 N–H and O–H groups in total. The van der Waals surface area contributed by atoms with Gasteiger partial charge < -0.3 is 10.1 Å². The predicted octanol–water partition coefficient (Wildman–Crippen LogP) is 3.27. The molecule has 0 saturated carbocycles. The Morgan fingerprint density at radius 1 is 1.14 bits per heavy atom. The average Bonchev–Trinajstić information content (AvgIpc) is 2.65. The van der Waals surface area contributed by atoms with Gasteiger partial charge in [-0.2, -0.15) is 4.31 Å². The number of carbonyl (C=O) groups is 2. The molecule has 0 bridgehead atoms. The standard InChI is InChI=1S/C19H21BrN2O5S/c1-13(2)22(3)28(25,26)17-9-4-6-14(10-17)19(24)27-12-18(23)21-16-8-5-7-15(20)11-16/h4-11,13H,12H2,1-3H3,(H,21,23). The SMILES string of the molecule is CC(C)N(C)S(=O)(=O)c1cccc(C(=O)OCC(=O)Nc2cccc(Br)c2)c1. The van der Waals surface area contributed by atoms with E-state index in [2.05, 4.69) is 21.2 Å². The highest BCUT2D eigenvalue weighted by Gasteiger charge is 2.24. The van der Waals surface area contributed by atoms with Crippen molar-refractivity contribution in [3.05, 3.63) is 58.6 Å². The molecule has 0 atom stereocenters. The van der Waals surface area contributed by atoms with E-state index in [0.717, 1.165) is 4.47 Å². The summed E-state index contributed by atoms with van der Waals surface area (Å²) >= 11 is 3.30. The summed E-state index contributed by atoms with van der Waals surface area (Å²) in [6.45, 7) is 3.01. The fourth-order valence-electron chi connectivity index (χ4n) is 2.21. The molecule has 0 fully saturated rings. The fourth-order valence-corrected chi connectivity index (χ4v) is 4.02. The van der Waals surface area contributed by atoms with Crippen molar-refractivity contribution < 1.29 is 22.7 Å². The summed E-state index contributed by atoms with van der Waals surface area (Å²) in [4.78, 5) is 24.1. The second-order valence-electron chi connectivity index (χ2n) is 6.28. The van der Waals surface area contributed by atoms with Gasteiger partial charge in [-0.15, -0.1) is 0 Å². The zero-order valence-electron chi connectivity index (χ0n) is 15.7. The minimum atomic E-state index is -3.73. The normalized spacial score (nSPS) is 11.5. The molecule has 2 rings (SSSR count). The third kappa shape index (κ3) is 5.63. The number of esters is 1. The molecule has 9 heteroatoms. The maximum atomic E-state index is 12.6. The highest BCUT2D eigenvalue weighted by atomic mass is 79.9. The van der Waals surface area contributed by atoms with E-state index in [-0.39, 0.29) is 16.5 Å². The van der Waals surface area contributed by atoms with Gasteiger partial charge in [-0.1, -0.05) is 28.1 Å². The zero-order valence-corrected chi connectivity index (χ0v) is 18.1. The van der Waals surface area contributed by atoms with Gasteiger partial charge in [0.05, 0.1) is 10.5 Å². The van der Waals surface area contributed by atoms with Gasteiger partial charge in [0.2, 0.25) is 10.0 Å². The van der Waals surface area contributed by atoms with Crippen molar-refractivity contribution >= 4 is 43.5 Å². The molecule has 0 aliphatic heterocycles. The van der Waals surface area contributed by atoms with Gasteiger partial charge >= 0.3 is 5.97 Å². The molecule has 150 valence electrons. The Balaban J connectivity index is 2.04. The van der Waals surface area contributed by atoms with Crippen molar-refractivity contribution in [1.29, 1.82) is 0 Å². The Morgan fingerprint density at radius 3 is 2.46 bits per heavy atom. The van der Waals surface area contributed by atoms with Gasteiger partial charge in [0, 0.05) is 23.2 Å². The van der Waals surface area contributed by atoms with Crippen LogP contribution in [-0.4, -0.2) is 44.3 Å². The van der Waals surface area contributed by atoms with Crippen LogP contribution in [0.2, 0.25) is 0 Å². The highest BCUT2D eigenvalue weighted by molar-refractivity contribution is 9.10. The quantitative estimate of drug-likeness (QED) is 0.629. The fraction of sp³-hybridized carbons (Fsp3) is 0.263. The molecule has 0 aliphatic carbocycles. The van der Waals surface area contributed by atoms with Crippen molar-refractivity contribution in [3.63, 3.8) is 0 Å². The van der Waals surface area contributed by atoms with Crippen LogP contribution in [0, 0.1) is 0 Å². The molecular weight excluding hydrogens is 448 g/mol. The van der Waals surface area contributed by atoms with Crippen molar-refractivity contribution in [2.45, 2.75) is 24.8 Å². The summed E-state index contributed by atoms with van der Waals surface area (Å²) in [7, 11) is -2.26. The minimum absolute atomic E-state index is 0.0169. The summed E-state index contributed by atoms with van der Waals surface area (Å²) in [6, 6.07) is 12.3. The largest absolute Gasteiger partial charge is 0.452 e. The molecule has 0 aromatic heterocycles. The summed E-state index contributed by atoms with van der Waals surface area (Å²) in [5.74, 6) is -1.29. The zero-order chi connectivity index (χ0) is 20.9. The Labute approximate surface area is 172 Å². The lowest BCUT2D eigenvalue weighted by atomic mass is 10.2. The lowest BCUT2D eigenvalue weighted by molar-refractivity contribution is -0.119. The number of ether oxygens (including phenoxy) is 1. The monoisotopic (exact) mass is 468 g/mol. The number of hydrogen-bond acceptors (Lipinski definition) is 5. The van der Waals surface area contributed by atoms with Crippen LogP contribution in [0.5, 0.6) is 0 Å². The molecule has 7 nitrogen and oxygen atoms in total. The van der Waals surface area contributed by atoms with Gasteiger partial charge in [-0.3, -0.25) is 4.79 Å². The first-order valence-corrected chi connectivity index (χ1v) is 10.6. The summed E-state index contributed by atoms with van der Waals surface area (Å²) in [6.07, 6.45) is 0. The molecule has 0 spiro atoms. The topological polar surface area (TPSA) is 92.8 Å². The molecule has 28 heavy (non-hydrogen) atoms. The first-order chi connectivity index (χ1) is 13.1. The lowest BCUT2D eigenvalue weighted by Gasteiger charge is -2.21. The van der Waals surface area contributed by atoms with E-state index in [0.29, 0.717) is 5.69 Å². The Bertz CT molecular complexity index is 976. The minimum Gasteiger partial charge on any atom is -0.452 e. The number of benzene rings is 2. The van der Waals surface area contributed by atoms with E-state index in [1.807, 2.05) is 6.07 Å². The maximum absolute atomic E-state index is 12.6. The molecule has 1 amide bonds. The Kier molecular flexibility index (Phi) is 7.34. The van der Waals surface area contributed by atoms with Crippen LogP contribution in [0.4, 0.5) is 5.69 Å². The third-order valence-electron chi connectivity index (χ3n) is 3.92. The van der Waals surface area contributed by atoms with Gasteiger partial charge in [-0.05, 0) is 50.2 Å². The van der Waals surface area contributed by atoms with E-state index >= 15 is 0 Å². The molecule has 0 unspecified atom stereocenters. The lowest BCUT2D eigenvalue weighted by Crippen LogP contribution is -2.33. The smallest absolute Gasteiger partial charge is 0.338 e. The second kappa shape index (κ2) is 9.31. The van der Waals surface area contributed by atoms with Gasteiger partial charge in [0.1, 0.15) is 0 Å². The number of hydrogen-bond donors (Lipinski definition) is 1. The van der Waals surface area contributed by atoms with Crippen molar-refractivity contribution in [2.24, 2.45) is 0 Å². The van der Waals surface area contributed by atoms with E-state index < -0.39 is 28.5 Å². The molecule has 2 aromatic rings. The average molecular weight is 469 g/mol. The number of anilines is 1. The Morgan fingerprint density at radius 2 is 1.82 bits per heavy atom. The molecular formula is C19H21BrN2O5S. The number of amides is 1. The van der Waals surface area contributed by atoms with Crippen LogP contribution in [0.1, 0.15) is 24.2 Å². The highest BCUT2D eigenvalue weighted by Crippen LogP contribution is 2.19. The number of rotatable bonds is 7. The van der Waals surface area contributed by atoms with Gasteiger partial charge in [0.15, 0.2) is 6.61 Å². The molecule has 0 aliphatic rings. The number of sulfonamides is 1. The Hall–Kier alpha value is -2.23. The summed E-state index contributed by atoms with van der Waals surface area (Å²) in [5, 5.41) is 2.60. The number of nitrogens with one attached hydrogen (secondary N) is 1. The van der Waals surface area contributed by atoms with Crippen LogP contribution >= 0.6 is 15.9 Å². The van der Waals surface area contributed by atoms with Gasteiger partial charge in [0.25, 0.3) is 5.91 Å². The summed E-state index contributed by atoms with van der Waals surface area (Å²) < 4.78 is 32.1. The first kappa shape index (κ1) is 22.1. The third-order valence-corrected chi connectivity index (χ3v) is 6.44. The number of carbonyl (C=O) groups excluding carboxylic acids is 2. The van der Waals surface area contributed by atoms with E-state index in [1.54, 1.807) is 32.0 Å². The van der Waals surface area contributed by atoms with E-state index in [4.69, 9.17) is 4.74 Å². The number of nitrogens with zero attached hydrogens (tertiary/aromatic N) is 1. The van der Waals surface area contributed by atoms with Crippen LogP contribution in [0.25, 0.3) is 0 Å². The van der Waals surface area contributed by atoms with E-state index in [1.165, 1.54) is 35.6 Å². The van der Waals surface area contributed by atoms with Crippen LogP contribution in [0.15, 0.2) is 57.9 Å². The van der Waals surface area contributed by atoms with Crippen molar-refractivity contribution in [2.75, 3.05) is 19.0 Å². The first-order valence-electron chi connectivity index (χ1n) is 8.42. The number of halogens is 1. The van der Waals surface area contributed by atoms with Crippen LogP contribution in [-0.2, 0) is 19.6 Å². The summed E-state index contributed by atoms with van der Waals surface area (Å²) in [5.41, 5.74) is 0.605. The maximum Gasteiger partial charge on any atom is 0.338 e. The van der Waals surface area contributed by atoms with Crippen molar-refractivity contribution in [3.8, 4) is 0 Å². The van der Waals surface area contributed by atoms with Crippen LogP contribution in [0.3, 0.4) is 0 Å². The second-order valence-corrected chi connectivity index (χ2v) is 9.19. The molecule has 2 aromatic carbocycles. The van der Waals surface area contributed by atoms with Gasteiger partial charge in [-0.25, -0.2) is 13.2 Å². The molecule has 0 radical (unpaired) electrons. The van der Waals surface area contributed by atoms with Crippen LogP contribution < -0.4 is 5.32 Å².